The average molecular weight is 403 g/mol. The van der Waals surface area contributed by atoms with E-state index >= 15 is 0 Å². The normalized spacial score (nSPS) is 11.6. The van der Waals surface area contributed by atoms with Crippen LogP contribution in [0.1, 0.15) is 30.0 Å². The first kappa shape index (κ1) is 21.8. The number of amides is 2. The van der Waals surface area contributed by atoms with Gasteiger partial charge in [-0.3, -0.25) is 9.59 Å². The lowest BCUT2D eigenvalue weighted by molar-refractivity contribution is -0.142. The number of hydrogen-bond donors (Lipinski definition) is 1. The SMILES string of the molecule is CC[C@H](C(=O)NC)N(Cc1cccc(C)c1)C(=O)COc1ccc(Cl)c(C)c1. The van der Waals surface area contributed by atoms with Gasteiger partial charge < -0.3 is 15.0 Å². The summed E-state index contributed by atoms with van der Waals surface area (Å²) in [5, 5.41) is 3.29. The predicted octanol–water partition coefficient (Wildman–Crippen LogP) is 3.89. The smallest absolute Gasteiger partial charge is 0.261 e. The van der Waals surface area contributed by atoms with E-state index in [0.29, 0.717) is 23.7 Å². The predicted molar refractivity (Wildman–Crippen MR) is 112 cm³/mol. The van der Waals surface area contributed by atoms with E-state index in [2.05, 4.69) is 5.32 Å². The molecular weight excluding hydrogens is 376 g/mol. The highest BCUT2D eigenvalue weighted by atomic mass is 35.5. The lowest BCUT2D eigenvalue weighted by Crippen LogP contribution is -2.49. The maximum absolute atomic E-state index is 13.0. The van der Waals surface area contributed by atoms with Crippen molar-refractivity contribution in [2.45, 2.75) is 39.8 Å². The molecule has 0 saturated carbocycles. The van der Waals surface area contributed by atoms with E-state index in [1.165, 1.54) is 0 Å². The summed E-state index contributed by atoms with van der Waals surface area (Å²) in [6, 6.07) is 12.6. The van der Waals surface area contributed by atoms with Gasteiger partial charge in [0.15, 0.2) is 6.61 Å². The Balaban J connectivity index is 2.19. The number of aryl methyl sites for hydroxylation is 2. The van der Waals surface area contributed by atoms with Crippen LogP contribution in [0.25, 0.3) is 0 Å². The summed E-state index contributed by atoms with van der Waals surface area (Å²) in [5.41, 5.74) is 2.95. The first-order valence-corrected chi connectivity index (χ1v) is 9.69. The molecule has 0 spiro atoms. The van der Waals surface area contributed by atoms with Crippen LogP contribution in [-0.4, -0.2) is 36.4 Å². The van der Waals surface area contributed by atoms with E-state index in [0.717, 1.165) is 16.7 Å². The van der Waals surface area contributed by atoms with Gasteiger partial charge in [0.05, 0.1) is 0 Å². The van der Waals surface area contributed by atoms with Crippen molar-refractivity contribution in [2.24, 2.45) is 0 Å². The first-order chi connectivity index (χ1) is 13.3. The van der Waals surface area contributed by atoms with Crippen LogP contribution in [0.2, 0.25) is 5.02 Å². The summed E-state index contributed by atoms with van der Waals surface area (Å²) in [6.07, 6.45) is 0.511. The molecule has 0 radical (unpaired) electrons. The Bertz CT molecular complexity index is 838. The van der Waals surface area contributed by atoms with Crippen LogP contribution in [0.5, 0.6) is 5.75 Å². The molecular formula is C22H27ClN2O3. The molecule has 0 bridgehead atoms. The Hall–Kier alpha value is -2.53. The Morgan fingerprint density at radius 2 is 1.93 bits per heavy atom. The van der Waals surface area contributed by atoms with Gasteiger partial charge in [-0.15, -0.1) is 0 Å². The number of carbonyl (C=O) groups excluding carboxylic acids is 2. The second-order valence-electron chi connectivity index (χ2n) is 6.75. The fraction of sp³-hybridized carbons (Fsp3) is 0.364. The zero-order valence-corrected chi connectivity index (χ0v) is 17.5. The standard InChI is InChI=1S/C22H27ClN2O3/c1-5-20(22(27)24-4)25(13-17-8-6-7-15(2)11-17)21(26)14-28-18-9-10-19(23)16(3)12-18/h6-12,20H,5,13-14H2,1-4H3,(H,24,27)/t20-/m1/s1. The number of rotatable bonds is 8. The number of hydrogen-bond acceptors (Lipinski definition) is 3. The van der Waals surface area contributed by atoms with Gasteiger partial charge in [0.25, 0.3) is 5.91 Å². The molecule has 0 saturated heterocycles. The van der Waals surface area contributed by atoms with Gasteiger partial charge in [-0.2, -0.15) is 0 Å². The first-order valence-electron chi connectivity index (χ1n) is 9.31. The highest BCUT2D eigenvalue weighted by Crippen LogP contribution is 2.21. The molecule has 150 valence electrons. The van der Waals surface area contributed by atoms with Crippen molar-refractivity contribution in [1.82, 2.24) is 10.2 Å². The molecule has 2 amide bonds. The minimum atomic E-state index is -0.562. The monoisotopic (exact) mass is 402 g/mol. The number of halogens is 1. The van der Waals surface area contributed by atoms with Crippen LogP contribution in [0.4, 0.5) is 0 Å². The van der Waals surface area contributed by atoms with Crippen LogP contribution in [0.15, 0.2) is 42.5 Å². The zero-order chi connectivity index (χ0) is 20.7. The van der Waals surface area contributed by atoms with E-state index in [4.69, 9.17) is 16.3 Å². The average Bonchev–Trinajstić information content (AvgIpc) is 2.68. The summed E-state index contributed by atoms with van der Waals surface area (Å²) in [6.45, 7) is 5.95. The van der Waals surface area contributed by atoms with E-state index < -0.39 is 6.04 Å². The van der Waals surface area contributed by atoms with Gasteiger partial charge in [-0.05, 0) is 49.6 Å². The third-order valence-electron chi connectivity index (χ3n) is 4.56. The summed E-state index contributed by atoms with van der Waals surface area (Å²) in [5.74, 6) is 0.133. The third kappa shape index (κ3) is 5.73. The molecule has 2 rings (SSSR count). The number of nitrogens with one attached hydrogen (secondary N) is 1. The summed E-state index contributed by atoms with van der Waals surface area (Å²) in [4.78, 5) is 26.9. The van der Waals surface area contributed by atoms with Crippen molar-refractivity contribution >= 4 is 23.4 Å². The van der Waals surface area contributed by atoms with Gasteiger partial charge in [0.2, 0.25) is 5.91 Å². The molecule has 0 fully saturated rings. The van der Waals surface area contributed by atoms with Crippen molar-refractivity contribution in [3.05, 3.63) is 64.2 Å². The Morgan fingerprint density at radius 3 is 2.54 bits per heavy atom. The second kappa shape index (κ2) is 10.1. The molecule has 2 aromatic rings. The van der Waals surface area contributed by atoms with Gasteiger partial charge in [0.1, 0.15) is 11.8 Å². The highest BCUT2D eigenvalue weighted by Gasteiger charge is 2.28. The molecule has 6 heteroatoms. The molecule has 0 aromatic heterocycles. The van der Waals surface area contributed by atoms with Crippen LogP contribution in [0, 0.1) is 13.8 Å². The fourth-order valence-corrected chi connectivity index (χ4v) is 3.15. The number of nitrogens with zero attached hydrogens (tertiary/aromatic N) is 1. The fourth-order valence-electron chi connectivity index (χ4n) is 3.03. The number of carbonyl (C=O) groups is 2. The van der Waals surface area contributed by atoms with E-state index in [1.807, 2.05) is 45.0 Å². The Kier molecular flexibility index (Phi) is 7.88. The zero-order valence-electron chi connectivity index (χ0n) is 16.8. The lowest BCUT2D eigenvalue weighted by atomic mass is 10.1. The largest absolute Gasteiger partial charge is 0.484 e. The van der Waals surface area contributed by atoms with Crippen molar-refractivity contribution < 1.29 is 14.3 Å². The lowest BCUT2D eigenvalue weighted by Gasteiger charge is -2.30. The molecule has 0 heterocycles. The molecule has 1 N–H and O–H groups in total. The second-order valence-corrected chi connectivity index (χ2v) is 7.16. The topological polar surface area (TPSA) is 58.6 Å². The Labute approximate surface area is 171 Å². The van der Waals surface area contributed by atoms with E-state index in [-0.39, 0.29) is 18.4 Å². The molecule has 1 atom stereocenters. The maximum atomic E-state index is 13.0. The van der Waals surface area contributed by atoms with E-state index in [1.54, 1.807) is 30.1 Å². The summed E-state index contributed by atoms with van der Waals surface area (Å²) < 4.78 is 5.67. The van der Waals surface area contributed by atoms with Gasteiger partial charge in [0, 0.05) is 18.6 Å². The number of likely N-dealkylation sites (N-methyl/N-ethyl adjacent to an activating group) is 1. The van der Waals surface area contributed by atoms with Gasteiger partial charge in [-0.25, -0.2) is 0 Å². The summed E-state index contributed by atoms with van der Waals surface area (Å²) >= 11 is 6.03. The van der Waals surface area contributed by atoms with Crippen LogP contribution in [0.3, 0.4) is 0 Å². The number of ether oxygens (including phenoxy) is 1. The molecule has 2 aromatic carbocycles. The minimum Gasteiger partial charge on any atom is -0.484 e. The number of benzene rings is 2. The minimum absolute atomic E-state index is 0.152. The van der Waals surface area contributed by atoms with Crippen molar-refractivity contribution in [1.29, 1.82) is 0 Å². The van der Waals surface area contributed by atoms with E-state index in [9.17, 15) is 9.59 Å². The van der Waals surface area contributed by atoms with Gasteiger partial charge in [-0.1, -0.05) is 48.4 Å². The summed E-state index contributed by atoms with van der Waals surface area (Å²) in [7, 11) is 1.58. The van der Waals surface area contributed by atoms with Gasteiger partial charge >= 0.3 is 0 Å². The molecule has 0 aliphatic rings. The van der Waals surface area contributed by atoms with Crippen LogP contribution < -0.4 is 10.1 Å². The van der Waals surface area contributed by atoms with Crippen LogP contribution >= 0.6 is 11.6 Å². The third-order valence-corrected chi connectivity index (χ3v) is 4.98. The molecule has 0 aliphatic carbocycles. The molecule has 0 aliphatic heterocycles. The maximum Gasteiger partial charge on any atom is 0.261 e. The Morgan fingerprint density at radius 1 is 1.18 bits per heavy atom. The quantitative estimate of drug-likeness (QED) is 0.728. The van der Waals surface area contributed by atoms with Crippen molar-refractivity contribution in [2.75, 3.05) is 13.7 Å². The highest BCUT2D eigenvalue weighted by molar-refractivity contribution is 6.31. The molecule has 5 nitrogen and oxygen atoms in total. The van der Waals surface area contributed by atoms with Crippen molar-refractivity contribution in [3.63, 3.8) is 0 Å². The molecule has 28 heavy (non-hydrogen) atoms. The van der Waals surface area contributed by atoms with Crippen molar-refractivity contribution in [3.8, 4) is 5.75 Å². The molecule has 0 unspecified atom stereocenters. The van der Waals surface area contributed by atoms with Crippen LogP contribution in [-0.2, 0) is 16.1 Å².